The molecule has 0 aliphatic heterocycles. The lowest BCUT2D eigenvalue weighted by atomic mass is 10.1. The quantitative estimate of drug-likeness (QED) is 0.364. The number of non-ortho nitro benzene ring substituents is 1. The van der Waals surface area contributed by atoms with Gasteiger partial charge in [0.15, 0.2) is 0 Å². The number of rotatable bonds is 7. The number of nitrogens with one attached hydrogen (secondary N) is 1. The van der Waals surface area contributed by atoms with Gasteiger partial charge in [-0.1, -0.05) is 30.3 Å². The molecule has 24 heavy (non-hydrogen) atoms. The van der Waals surface area contributed by atoms with Crippen molar-refractivity contribution in [3.8, 4) is 0 Å². The first-order valence-corrected chi connectivity index (χ1v) is 7.38. The number of nitrogens with zero attached hydrogens (tertiary/aromatic N) is 2. The Kier molecular flexibility index (Phi) is 6.01. The van der Waals surface area contributed by atoms with Crippen molar-refractivity contribution in [3.05, 3.63) is 70.3 Å². The third-order valence-electron chi connectivity index (χ3n) is 3.12. The van der Waals surface area contributed by atoms with E-state index in [4.69, 9.17) is 4.74 Å². The number of hydrazone groups is 1. The molecule has 0 aromatic heterocycles. The first-order chi connectivity index (χ1) is 11.6. The van der Waals surface area contributed by atoms with Crippen molar-refractivity contribution in [2.75, 3.05) is 12.0 Å². The molecule has 0 amide bonds. The summed E-state index contributed by atoms with van der Waals surface area (Å²) in [4.78, 5) is 21.9. The second-order valence-electron chi connectivity index (χ2n) is 4.82. The fourth-order valence-corrected chi connectivity index (χ4v) is 1.98. The minimum atomic E-state index is -0.469. The average molecular weight is 327 g/mol. The standard InChI is InChI=1S/C17H17N3O4/c1-2-24-17(21)12-16(13-6-4-3-5-7-13)19-18-14-8-10-15(11-9-14)20(22)23/h3-11,18H,2,12H2,1H3. The van der Waals surface area contributed by atoms with Crippen LogP contribution in [-0.2, 0) is 9.53 Å². The number of anilines is 1. The maximum atomic E-state index is 11.8. The smallest absolute Gasteiger partial charge is 0.311 e. The first kappa shape index (κ1) is 17.1. The molecule has 7 nitrogen and oxygen atoms in total. The number of esters is 1. The fourth-order valence-electron chi connectivity index (χ4n) is 1.98. The summed E-state index contributed by atoms with van der Waals surface area (Å²) in [6, 6.07) is 15.1. The van der Waals surface area contributed by atoms with E-state index in [0.29, 0.717) is 18.0 Å². The Balaban J connectivity index is 2.18. The zero-order valence-corrected chi connectivity index (χ0v) is 13.1. The van der Waals surface area contributed by atoms with Crippen LogP contribution in [0.1, 0.15) is 18.9 Å². The maximum Gasteiger partial charge on any atom is 0.311 e. The minimum Gasteiger partial charge on any atom is -0.466 e. The number of benzene rings is 2. The van der Waals surface area contributed by atoms with E-state index in [1.807, 2.05) is 30.3 Å². The van der Waals surface area contributed by atoms with Crippen LogP contribution in [0.2, 0.25) is 0 Å². The number of carbonyl (C=O) groups excluding carboxylic acids is 1. The predicted molar refractivity (Wildman–Crippen MR) is 90.9 cm³/mol. The van der Waals surface area contributed by atoms with E-state index in [2.05, 4.69) is 10.5 Å². The third-order valence-corrected chi connectivity index (χ3v) is 3.12. The normalized spacial score (nSPS) is 11.0. The molecule has 7 heteroatoms. The van der Waals surface area contributed by atoms with Crippen molar-refractivity contribution in [2.24, 2.45) is 5.10 Å². The van der Waals surface area contributed by atoms with E-state index < -0.39 is 4.92 Å². The lowest BCUT2D eigenvalue weighted by molar-refractivity contribution is -0.384. The largest absolute Gasteiger partial charge is 0.466 e. The van der Waals surface area contributed by atoms with Crippen LogP contribution < -0.4 is 5.43 Å². The molecule has 2 rings (SSSR count). The molecule has 0 aliphatic rings. The van der Waals surface area contributed by atoms with Gasteiger partial charge in [-0.3, -0.25) is 20.3 Å². The Morgan fingerprint density at radius 3 is 2.42 bits per heavy atom. The van der Waals surface area contributed by atoms with Crippen LogP contribution >= 0.6 is 0 Å². The maximum absolute atomic E-state index is 11.8. The number of ether oxygens (including phenoxy) is 1. The monoisotopic (exact) mass is 327 g/mol. The summed E-state index contributed by atoms with van der Waals surface area (Å²) < 4.78 is 4.97. The van der Waals surface area contributed by atoms with Crippen molar-refractivity contribution >= 4 is 23.1 Å². The second-order valence-corrected chi connectivity index (χ2v) is 4.82. The number of carbonyl (C=O) groups is 1. The molecule has 0 fully saturated rings. The molecular weight excluding hydrogens is 310 g/mol. The van der Waals surface area contributed by atoms with Crippen LogP contribution in [0.5, 0.6) is 0 Å². The van der Waals surface area contributed by atoms with Crippen molar-refractivity contribution in [1.29, 1.82) is 0 Å². The van der Waals surface area contributed by atoms with Gasteiger partial charge in [0, 0.05) is 12.1 Å². The molecule has 1 N–H and O–H groups in total. The van der Waals surface area contributed by atoms with Crippen LogP contribution in [0.3, 0.4) is 0 Å². The van der Waals surface area contributed by atoms with Gasteiger partial charge in [-0.25, -0.2) is 0 Å². The summed E-state index contributed by atoms with van der Waals surface area (Å²) in [5.74, 6) is -0.370. The molecule has 0 unspecified atom stereocenters. The van der Waals surface area contributed by atoms with Crippen LogP contribution in [0.25, 0.3) is 0 Å². The van der Waals surface area contributed by atoms with Gasteiger partial charge in [-0.15, -0.1) is 0 Å². The van der Waals surface area contributed by atoms with Crippen molar-refractivity contribution in [3.63, 3.8) is 0 Å². The van der Waals surface area contributed by atoms with E-state index in [1.54, 1.807) is 19.1 Å². The summed E-state index contributed by atoms with van der Waals surface area (Å²) in [6.07, 6.45) is 0.0256. The van der Waals surface area contributed by atoms with Crippen LogP contribution in [-0.4, -0.2) is 23.2 Å². The van der Waals surface area contributed by atoms with Gasteiger partial charge in [-0.2, -0.15) is 5.10 Å². The van der Waals surface area contributed by atoms with Crippen LogP contribution in [0.4, 0.5) is 11.4 Å². The lowest BCUT2D eigenvalue weighted by Crippen LogP contribution is -2.13. The van der Waals surface area contributed by atoms with Crippen molar-refractivity contribution < 1.29 is 14.5 Å². The van der Waals surface area contributed by atoms with Crippen LogP contribution in [0, 0.1) is 10.1 Å². The number of nitro groups is 1. The van der Waals surface area contributed by atoms with E-state index in [-0.39, 0.29) is 18.1 Å². The predicted octanol–water partition coefficient (Wildman–Crippen LogP) is 3.36. The second kappa shape index (κ2) is 8.42. The molecule has 0 atom stereocenters. The zero-order valence-electron chi connectivity index (χ0n) is 13.1. The molecule has 0 saturated heterocycles. The summed E-state index contributed by atoms with van der Waals surface area (Å²) >= 11 is 0. The molecule has 0 spiro atoms. The highest BCUT2D eigenvalue weighted by Crippen LogP contribution is 2.16. The van der Waals surface area contributed by atoms with E-state index in [1.165, 1.54) is 12.1 Å². The molecule has 2 aromatic rings. The van der Waals surface area contributed by atoms with E-state index >= 15 is 0 Å². The number of hydrogen-bond acceptors (Lipinski definition) is 6. The van der Waals surface area contributed by atoms with Crippen molar-refractivity contribution in [1.82, 2.24) is 0 Å². The summed E-state index contributed by atoms with van der Waals surface area (Å²) in [5, 5.41) is 14.9. The van der Waals surface area contributed by atoms with Gasteiger partial charge in [0.1, 0.15) is 0 Å². The average Bonchev–Trinajstić information content (AvgIpc) is 2.60. The SMILES string of the molecule is CCOC(=O)CC(=NNc1ccc([N+](=O)[O-])cc1)c1ccccc1. The summed E-state index contributed by atoms with van der Waals surface area (Å²) in [6.45, 7) is 2.04. The molecular formula is C17H17N3O4. The lowest BCUT2D eigenvalue weighted by Gasteiger charge is -2.08. The van der Waals surface area contributed by atoms with Crippen molar-refractivity contribution in [2.45, 2.75) is 13.3 Å². The molecule has 0 bridgehead atoms. The Morgan fingerprint density at radius 1 is 1.17 bits per heavy atom. The first-order valence-electron chi connectivity index (χ1n) is 7.38. The Labute approximate surface area is 139 Å². The summed E-state index contributed by atoms with van der Waals surface area (Å²) in [7, 11) is 0. The Bertz CT molecular complexity index is 727. The number of hydrogen-bond donors (Lipinski definition) is 1. The molecule has 124 valence electrons. The fraction of sp³-hybridized carbons (Fsp3) is 0.176. The van der Waals surface area contributed by atoms with Gasteiger partial charge in [0.2, 0.25) is 0 Å². The highest BCUT2D eigenvalue weighted by Gasteiger charge is 2.11. The minimum absolute atomic E-state index is 0.000615. The van der Waals surface area contributed by atoms with Gasteiger partial charge in [0.25, 0.3) is 5.69 Å². The highest BCUT2D eigenvalue weighted by atomic mass is 16.6. The molecule has 0 heterocycles. The summed E-state index contributed by atoms with van der Waals surface area (Å²) in [5.41, 5.74) is 4.71. The number of nitro benzene ring substituents is 1. The Morgan fingerprint density at radius 2 is 1.83 bits per heavy atom. The van der Waals surface area contributed by atoms with E-state index in [9.17, 15) is 14.9 Å². The van der Waals surface area contributed by atoms with Gasteiger partial charge in [-0.05, 0) is 24.6 Å². The molecule has 0 aliphatic carbocycles. The van der Waals surface area contributed by atoms with E-state index in [0.717, 1.165) is 5.56 Å². The van der Waals surface area contributed by atoms with Gasteiger partial charge in [0.05, 0.1) is 29.4 Å². The Hall–Kier alpha value is -3.22. The molecule has 2 aromatic carbocycles. The van der Waals surface area contributed by atoms with Crippen LogP contribution in [0.15, 0.2) is 59.7 Å². The molecule has 0 radical (unpaired) electrons. The zero-order chi connectivity index (χ0) is 17.4. The topological polar surface area (TPSA) is 93.8 Å². The molecule has 0 saturated carbocycles. The highest BCUT2D eigenvalue weighted by molar-refractivity contribution is 6.09. The van der Waals surface area contributed by atoms with Gasteiger partial charge < -0.3 is 4.74 Å². The third kappa shape index (κ3) is 4.91. The van der Waals surface area contributed by atoms with Gasteiger partial charge >= 0.3 is 5.97 Å².